The van der Waals surface area contributed by atoms with Crippen LogP contribution in [0.3, 0.4) is 0 Å². The van der Waals surface area contributed by atoms with E-state index in [0.717, 1.165) is 42.7 Å². The molecule has 4 nitrogen and oxygen atoms in total. The van der Waals surface area contributed by atoms with Crippen LogP contribution in [-0.4, -0.2) is 23.7 Å². The summed E-state index contributed by atoms with van der Waals surface area (Å²) >= 11 is 0. The van der Waals surface area contributed by atoms with Crippen LogP contribution >= 0.6 is 0 Å². The highest BCUT2D eigenvalue weighted by Crippen LogP contribution is 2.39. The maximum absolute atomic E-state index is 12.6. The maximum atomic E-state index is 12.6. The first-order chi connectivity index (χ1) is 12.6. The van der Waals surface area contributed by atoms with E-state index in [2.05, 4.69) is 11.4 Å². The zero-order chi connectivity index (χ0) is 18.1. The Labute approximate surface area is 154 Å². The van der Waals surface area contributed by atoms with Gasteiger partial charge in [0.2, 0.25) is 5.91 Å². The Morgan fingerprint density at radius 1 is 1.23 bits per heavy atom. The molecule has 1 unspecified atom stereocenters. The van der Waals surface area contributed by atoms with E-state index < -0.39 is 0 Å². The number of hydrogen-bond acceptors (Lipinski definition) is 3. The molecule has 2 N–H and O–H groups in total. The van der Waals surface area contributed by atoms with Crippen molar-refractivity contribution in [2.75, 3.05) is 6.61 Å². The standard InChI is InChI=1S/C22H25NO3/c1-14-2-4-15(5-3-14)10-21(25)23-22(18-12-19(24)13-18)17-6-7-20-16(11-17)8-9-26-20/h2-7,11,18-19,22,24H,8-10,12-13H2,1H3,(H,23,25). The first-order valence-corrected chi connectivity index (χ1v) is 9.37. The van der Waals surface area contributed by atoms with Crippen LogP contribution in [0.5, 0.6) is 5.75 Å². The van der Waals surface area contributed by atoms with Gasteiger partial charge in [0.15, 0.2) is 0 Å². The van der Waals surface area contributed by atoms with Gasteiger partial charge in [0.1, 0.15) is 5.75 Å². The predicted octanol–water partition coefficient (Wildman–Crippen LogP) is 3.10. The molecule has 1 amide bonds. The fourth-order valence-electron chi connectivity index (χ4n) is 3.89. The van der Waals surface area contributed by atoms with Crippen molar-refractivity contribution >= 4 is 5.91 Å². The Balaban J connectivity index is 1.50. The molecule has 1 aliphatic carbocycles. The van der Waals surface area contributed by atoms with Crippen LogP contribution < -0.4 is 10.1 Å². The molecule has 26 heavy (non-hydrogen) atoms. The molecule has 4 heteroatoms. The van der Waals surface area contributed by atoms with E-state index in [9.17, 15) is 9.90 Å². The highest BCUT2D eigenvalue weighted by molar-refractivity contribution is 5.79. The van der Waals surface area contributed by atoms with Crippen LogP contribution in [0, 0.1) is 12.8 Å². The van der Waals surface area contributed by atoms with Crippen LogP contribution in [-0.2, 0) is 17.6 Å². The van der Waals surface area contributed by atoms with E-state index in [1.54, 1.807) is 0 Å². The minimum absolute atomic E-state index is 0.0250. The van der Waals surface area contributed by atoms with Crippen molar-refractivity contribution in [1.82, 2.24) is 5.32 Å². The number of fused-ring (bicyclic) bond motifs is 1. The predicted molar refractivity (Wildman–Crippen MR) is 100 cm³/mol. The summed E-state index contributed by atoms with van der Waals surface area (Å²) in [5, 5.41) is 13.0. The molecule has 1 heterocycles. The number of aliphatic hydroxyl groups is 1. The first kappa shape index (κ1) is 17.1. The van der Waals surface area contributed by atoms with Gasteiger partial charge in [-0.05, 0) is 54.5 Å². The van der Waals surface area contributed by atoms with Crippen molar-refractivity contribution in [3.05, 3.63) is 64.7 Å². The number of carbonyl (C=O) groups is 1. The molecule has 0 saturated heterocycles. The summed E-state index contributed by atoms with van der Waals surface area (Å²) in [4.78, 5) is 12.6. The molecule has 0 radical (unpaired) electrons. The Kier molecular flexibility index (Phi) is 4.68. The van der Waals surface area contributed by atoms with E-state index in [4.69, 9.17) is 4.74 Å². The molecule has 2 aliphatic rings. The van der Waals surface area contributed by atoms with Gasteiger partial charge >= 0.3 is 0 Å². The van der Waals surface area contributed by atoms with Crippen LogP contribution in [0.4, 0.5) is 0 Å². The largest absolute Gasteiger partial charge is 0.493 e. The molecule has 2 aromatic carbocycles. The lowest BCUT2D eigenvalue weighted by Crippen LogP contribution is -2.41. The smallest absolute Gasteiger partial charge is 0.224 e. The van der Waals surface area contributed by atoms with Crippen LogP contribution in [0.1, 0.15) is 41.1 Å². The Morgan fingerprint density at radius 2 is 2.00 bits per heavy atom. The number of nitrogens with one attached hydrogen (secondary N) is 1. The normalized spacial score (nSPS) is 22.1. The topological polar surface area (TPSA) is 58.6 Å². The van der Waals surface area contributed by atoms with Gasteiger partial charge in [0, 0.05) is 6.42 Å². The molecule has 1 atom stereocenters. The van der Waals surface area contributed by atoms with E-state index in [-0.39, 0.29) is 24.0 Å². The monoisotopic (exact) mass is 351 g/mol. The molecule has 1 saturated carbocycles. The minimum atomic E-state index is -0.241. The van der Waals surface area contributed by atoms with Gasteiger partial charge in [-0.3, -0.25) is 4.79 Å². The van der Waals surface area contributed by atoms with Crippen molar-refractivity contribution in [1.29, 1.82) is 0 Å². The van der Waals surface area contributed by atoms with E-state index in [1.807, 2.05) is 43.3 Å². The molecule has 0 aromatic heterocycles. The van der Waals surface area contributed by atoms with E-state index in [0.29, 0.717) is 6.42 Å². The molecule has 0 spiro atoms. The second-order valence-electron chi connectivity index (χ2n) is 7.56. The number of aryl methyl sites for hydroxylation is 1. The summed E-state index contributed by atoms with van der Waals surface area (Å²) in [5.74, 6) is 1.26. The zero-order valence-corrected chi connectivity index (χ0v) is 15.1. The van der Waals surface area contributed by atoms with Gasteiger partial charge in [-0.25, -0.2) is 0 Å². The number of ether oxygens (including phenoxy) is 1. The SMILES string of the molecule is Cc1ccc(CC(=O)NC(c2ccc3c(c2)CCO3)C2CC(O)C2)cc1. The summed E-state index contributed by atoms with van der Waals surface area (Å²) in [7, 11) is 0. The third-order valence-electron chi connectivity index (χ3n) is 5.50. The lowest BCUT2D eigenvalue weighted by molar-refractivity contribution is -0.122. The first-order valence-electron chi connectivity index (χ1n) is 9.37. The van der Waals surface area contributed by atoms with Crippen LogP contribution in [0.15, 0.2) is 42.5 Å². The molecular formula is C22H25NO3. The van der Waals surface area contributed by atoms with Gasteiger partial charge in [-0.1, -0.05) is 35.9 Å². The molecule has 1 fully saturated rings. The second kappa shape index (κ2) is 7.12. The lowest BCUT2D eigenvalue weighted by atomic mass is 9.74. The summed E-state index contributed by atoms with van der Waals surface area (Å²) in [6.07, 6.45) is 2.53. The molecule has 1 aliphatic heterocycles. The highest BCUT2D eigenvalue weighted by atomic mass is 16.5. The zero-order valence-electron chi connectivity index (χ0n) is 15.1. The molecule has 2 aromatic rings. The Bertz CT molecular complexity index is 794. The number of benzene rings is 2. The number of hydrogen-bond donors (Lipinski definition) is 2. The summed E-state index contributed by atoms with van der Waals surface area (Å²) in [5.41, 5.74) is 4.53. The molecule has 136 valence electrons. The van der Waals surface area contributed by atoms with Crippen molar-refractivity contribution in [2.24, 2.45) is 5.92 Å². The van der Waals surface area contributed by atoms with Gasteiger partial charge in [-0.2, -0.15) is 0 Å². The maximum Gasteiger partial charge on any atom is 0.224 e. The van der Waals surface area contributed by atoms with Gasteiger partial charge in [0.05, 0.1) is 25.2 Å². The third kappa shape index (κ3) is 3.61. The molecular weight excluding hydrogens is 326 g/mol. The number of amides is 1. The van der Waals surface area contributed by atoms with Crippen molar-refractivity contribution in [3.63, 3.8) is 0 Å². The average molecular weight is 351 g/mol. The summed E-state index contributed by atoms with van der Waals surface area (Å²) in [6, 6.07) is 14.2. The fourth-order valence-corrected chi connectivity index (χ4v) is 3.89. The second-order valence-corrected chi connectivity index (χ2v) is 7.56. The minimum Gasteiger partial charge on any atom is -0.493 e. The van der Waals surface area contributed by atoms with Crippen LogP contribution in [0.25, 0.3) is 0 Å². The van der Waals surface area contributed by atoms with Gasteiger partial charge < -0.3 is 15.2 Å². The third-order valence-corrected chi connectivity index (χ3v) is 5.50. The van der Waals surface area contributed by atoms with Gasteiger partial charge in [0.25, 0.3) is 0 Å². The van der Waals surface area contributed by atoms with Crippen molar-refractivity contribution < 1.29 is 14.6 Å². The van der Waals surface area contributed by atoms with E-state index >= 15 is 0 Å². The van der Waals surface area contributed by atoms with Crippen LogP contribution in [0.2, 0.25) is 0 Å². The van der Waals surface area contributed by atoms with Gasteiger partial charge in [-0.15, -0.1) is 0 Å². The highest BCUT2D eigenvalue weighted by Gasteiger charge is 2.36. The Hall–Kier alpha value is -2.33. The summed E-state index contributed by atoms with van der Waals surface area (Å²) in [6.45, 7) is 2.77. The molecule has 4 rings (SSSR count). The summed E-state index contributed by atoms with van der Waals surface area (Å²) < 4.78 is 5.59. The Morgan fingerprint density at radius 3 is 2.73 bits per heavy atom. The molecule has 0 bridgehead atoms. The number of aliphatic hydroxyl groups excluding tert-OH is 1. The van der Waals surface area contributed by atoms with Crippen molar-refractivity contribution in [2.45, 2.75) is 44.8 Å². The average Bonchev–Trinajstić information content (AvgIpc) is 3.07. The van der Waals surface area contributed by atoms with E-state index in [1.165, 1.54) is 11.1 Å². The number of carbonyl (C=O) groups excluding carboxylic acids is 1. The quantitative estimate of drug-likeness (QED) is 0.870. The number of rotatable bonds is 5. The van der Waals surface area contributed by atoms with Crippen molar-refractivity contribution in [3.8, 4) is 5.75 Å². The fraction of sp³-hybridized carbons (Fsp3) is 0.409. The lowest BCUT2D eigenvalue weighted by Gasteiger charge is -2.38.